The second-order valence-electron chi connectivity index (χ2n) is 7.61. The smallest absolute Gasteiger partial charge is 0.251 e. The van der Waals surface area contributed by atoms with Crippen LogP contribution in [0.25, 0.3) is 10.9 Å². The summed E-state index contributed by atoms with van der Waals surface area (Å²) in [6.45, 7) is 7.84. The summed E-state index contributed by atoms with van der Waals surface area (Å²) in [5.74, 6) is 0.462. The van der Waals surface area contributed by atoms with Crippen LogP contribution in [-0.2, 0) is 0 Å². The van der Waals surface area contributed by atoms with Crippen molar-refractivity contribution >= 4 is 34.6 Å². The molecule has 0 saturated heterocycles. The maximum atomic E-state index is 14.3. The van der Waals surface area contributed by atoms with Crippen LogP contribution in [0.3, 0.4) is 0 Å². The Morgan fingerprint density at radius 2 is 1.88 bits per heavy atom. The molecule has 0 aliphatic carbocycles. The summed E-state index contributed by atoms with van der Waals surface area (Å²) in [6, 6.07) is 17.0. The van der Waals surface area contributed by atoms with E-state index in [-0.39, 0.29) is 11.8 Å². The monoisotopic (exact) mass is 458 g/mol. The SMILES string of the molecule is CCN(CC)CCOc1ccc(/C=N/c2ncc(F)c(Nc3ccc4ncccc4c3)n2)cc1. The highest BCUT2D eigenvalue weighted by molar-refractivity contribution is 5.83. The van der Waals surface area contributed by atoms with Crippen LogP contribution >= 0.6 is 0 Å². The number of rotatable bonds is 10. The first-order valence-corrected chi connectivity index (χ1v) is 11.3. The maximum absolute atomic E-state index is 14.3. The zero-order valence-corrected chi connectivity index (χ0v) is 19.3. The summed E-state index contributed by atoms with van der Waals surface area (Å²) in [5, 5.41) is 3.94. The van der Waals surface area contributed by atoms with Crippen molar-refractivity contribution in [3.8, 4) is 5.75 Å². The van der Waals surface area contributed by atoms with Crippen molar-refractivity contribution in [1.82, 2.24) is 19.9 Å². The van der Waals surface area contributed by atoms with Gasteiger partial charge in [-0.25, -0.2) is 14.4 Å². The highest BCUT2D eigenvalue weighted by atomic mass is 19.1. The fourth-order valence-electron chi connectivity index (χ4n) is 3.41. The fourth-order valence-corrected chi connectivity index (χ4v) is 3.41. The molecule has 2 aromatic carbocycles. The van der Waals surface area contributed by atoms with Crippen LogP contribution in [-0.4, -0.2) is 52.3 Å². The van der Waals surface area contributed by atoms with Gasteiger partial charge in [0.05, 0.1) is 11.7 Å². The highest BCUT2D eigenvalue weighted by Gasteiger charge is 2.08. The summed E-state index contributed by atoms with van der Waals surface area (Å²) < 4.78 is 20.1. The lowest BCUT2D eigenvalue weighted by Crippen LogP contribution is -2.27. The predicted octanol–water partition coefficient (Wildman–Crippen LogP) is 5.38. The average molecular weight is 459 g/mol. The average Bonchev–Trinajstić information content (AvgIpc) is 2.88. The molecular formula is C26H27FN6O. The summed E-state index contributed by atoms with van der Waals surface area (Å²) in [4.78, 5) is 19.1. The molecule has 0 atom stereocenters. The number of nitrogens with one attached hydrogen (secondary N) is 1. The number of likely N-dealkylation sites (N-methyl/N-ethyl adjacent to an activating group) is 1. The molecule has 0 aliphatic heterocycles. The van der Waals surface area contributed by atoms with Gasteiger partial charge in [0.15, 0.2) is 11.6 Å². The molecule has 174 valence electrons. The quantitative estimate of drug-likeness (QED) is 0.322. The van der Waals surface area contributed by atoms with Gasteiger partial charge in [-0.05, 0) is 67.2 Å². The van der Waals surface area contributed by atoms with Crippen molar-refractivity contribution in [1.29, 1.82) is 0 Å². The van der Waals surface area contributed by atoms with Crippen LogP contribution in [0.15, 0.2) is 72.0 Å². The predicted molar refractivity (Wildman–Crippen MR) is 134 cm³/mol. The van der Waals surface area contributed by atoms with Crippen molar-refractivity contribution < 1.29 is 9.13 Å². The molecule has 34 heavy (non-hydrogen) atoms. The van der Waals surface area contributed by atoms with E-state index in [9.17, 15) is 4.39 Å². The third kappa shape index (κ3) is 6.11. The van der Waals surface area contributed by atoms with Gasteiger partial charge in [-0.1, -0.05) is 19.9 Å². The Kier molecular flexibility index (Phi) is 7.72. The van der Waals surface area contributed by atoms with Gasteiger partial charge >= 0.3 is 0 Å². The first kappa shape index (κ1) is 23.3. The molecule has 2 heterocycles. The van der Waals surface area contributed by atoms with E-state index in [4.69, 9.17) is 4.74 Å². The third-order valence-electron chi connectivity index (χ3n) is 5.38. The molecule has 0 bridgehead atoms. The summed E-state index contributed by atoms with van der Waals surface area (Å²) in [5.41, 5.74) is 2.42. The van der Waals surface area contributed by atoms with Crippen molar-refractivity contribution in [2.75, 3.05) is 31.6 Å². The number of fused-ring (bicyclic) bond motifs is 1. The molecule has 0 unspecified atom stereocenters. The number of nitrogens with zero attached hydrogens (tertiary/aromatic N) is 5. The van der Waals surface area contributed by atoms with Crippen molar-refractivity contribution in [3.05, 3.63) is 78.4 Å². The number of ether oxygens (including phenoxy) is 1. The highest BCUT2D eigenvalue weighted by Crippen LogP contribution is 2.23. The van der Waals surface area contributed by atoms with Crippen molar-refractivity contribution in [2.24, 2.45) is 4.99 Å². The molecule has 8 heteroatoms. The van der Waals surface area contributed by atoms with E-state index >= 15 is 0 Å². The van der Waals surface area contributed by atoms with Crippen LogP contribution in [0.2, 0.25) is 0 Å². The minimum Gasteiger partial charge on any atom is -0.492 e. The van der Waals surface area contributed by atoms with Crippen LogP contribution in [0.5, 0.6) is 5.75 Å². The van der Waals surface area contributed by atoms with Crippen LogP contribution < -0.4 is 10.1 Å². The first-order chi connectivity index (χ1) is 16.6. The summed E-state index contributed by atoms with van der Waals surface area (Å²) in [6.07, 6.45) is 4.48. The molecular weight excluding hydrogens is 431 g/mol. The largest absolute Gasteiger partial charge is 0.492 e. The van der Waals surface area contributed by atoms with E-state index in [1.807, 2.05) is 54.6 Å². The van der Waals surface area contributed by atoms with Gasteiger partial charge in [-0.15, -0.1) is 0 Å². The molecule has 0 spiro atoms. The Balaban J connectivity index is 1.39. The molecule has 7 nitrogen and oxygen atoms in total. The first-order valence-electron chi connectivity index (χ1n) is 11.3. The van der Waals surface area contributed by atoms with E-state index < -0.39 is 5.82 Å². The molecule has 0 radical (unpaired) electrons. The topological polar surface area (TPSA) is 75.5 Å². The Morgan fingerprint density at radius 3 is 2.68 bits per heavy atom. The molecule has 0 saturated carbocycles. The summed E-state index contributed by atoms with van der Waals surface area (Å²) in [7, 11) is 0. The molecule has 0 fully saturated rings. The number of halogens is 1. The van der Waals surface area contributed by atoms with Gasteiger partial charge in [0, 0.05) is 30.0 Å². The molecule has 4 rings (SSSR count). The normalized spacial score (nSPS) is 11.4. The van der Waals surface area contributed by atoms with Gasteiger partial charge in [-0.3, -0.25) is 4.98 Å². The zero-order chi connectivity index (χ0) is 23.8. The van der Waals surface area contributed by atoms with Crippen LogP contribution in [0.4, 0.5) is 21.8 Å². The Hall–Kier alpha value is -3.91. The second kappa shape index (κ2) is 11.3. The lowest BCUT2D eigenvalue weighted by Gasteiger charge is -2.17. The number of hydrogen-bond acceptors (Lipinski definition) is 7. The van der Waals surface area contributed by atoms with E-state index in [1.54, 1.807) is 12.4 Å². The van der Waals surface area contributed by atoms with Gasteiger partial charge in [-0.2, -0.15) is 4.98 Å². The number of hydrogen-bond donors (Lipinski definition) is 1. The van der Waals surface area contributed by atoms with E-state index in [1.165, 1.54) is 0 Å². The Labute approximate surface area is 198 Å². The third-order valence-corrected chi connectivity index (χ3v) is 5.38. The molecule has 0 amide bonds. The molecule has 1 N–H and O–H groups in total. The van der Waals surface area contributed by atoms with E-state index in [0.717, 1.165) is 48.0 Å². The second-order valence-corrected chi connectivity index (χ2v) is 7.61. The van der Waals surface area contributed by atoms with Gasteiger partial charge in [0.1, 0.15) is 12.4 Å². The Bertz CT molecular complexity index is 1260. The zero-order valence-electron chi connectivity index (χ0n) is 19.3. The van der Waals surface area contributed by atoms with Crippen molar-refractivity contribution in [2.45, 2.75) is 13.8 Å². The number of benzene rings is 2. The number of aliphatic imine (C=N–C) groups is 1. The van der Waals surface area contributed by atoms with Crippen molar-refractivity contribution in [3.63, 3.8) is 0 Å². The number of anilines is 2. The standard InChI is InChI=1S/C26H27FN6O/c1-3-33(4-2)14-15-34-22-10-7-19(8-11-22)17-29-26-30-18-23(27)25(32-26)31-21-9-12-24-20(16-21)6-5-13-28-24/h5-13,16-18H,3-4,14-15H2,1-2H3,(H,30,31,32)/b29-17+. The van der Waals surface area contributed by atoms with Crippen LogP contribution in [0, 0.1) is 5.82 Å². The van der Waals surface area contributed by atoms with Gasteiger partial charge < -0.3 is 15.0 Å². The molecule has 2 aromatic heterocycles. The van der Waals surface area contributed by atoms with Crippen LogP contribution in [0.1, 0.15) is 19.4 Å². The summed E-state index contributed by atoms with van der Waals surface area (Å²) >= 11 is 0. The Morgan fingerprint density at radius 1 is 1.06 bits per heavy atom. The van der Waals surface area contributed by atoms with Gasteiger partial charge in [0.2, 0.25) is 0 Å². The maximum Gasteiger partial charge on any atom is 0.251 e. The lowest BCUT2D eigenvalue weighted by atomic mass is 10.2. The fraction of sp³-hybridized carbons (Fsp3) is 0.231. The van der Waals surface area contributed by atoms with Gasteiger partial charge in [0.25, 0.3) is 5.95 Å². The lowest BCUT2D eigenvalue weighted by molar-refractivity contribution is 0.223. The van der Waals surface area contributed by atoms with E-state index in [0.29, 0.717) is 12.3 Å². The molecule has 4 aromatic rings. The minimum atomic E-state index is -0.559. The minimum absolute atomic E-state index is 0.0577. The molecule has 0 aliphatic rings. The number of pyridine rings is 1. The van der Waals surface area contributed by atoms with E-state index in [2.05, 4.69) is 44.0 Å². The number of aromatic nitrogens is 3.